The average Bonchev–Trinajstić information content (AvgIpc) is 3.38. The van der Waals surface area contributed by atoms with Crippen molar-refractivity contribution < 1.29 is 8.42 Å². The number of nitrogens with zero attached hydrogens (tertiary/aromatic N) is 10. The first-order valence-corrected chi connectivity index (χ1v) is 9.71. The van der Waals surface area contributed by atoms with Gasteiger partial charge in [0.15, 0.2) is 38.5 Å². The summed E-state index contributed by atoms with van der Waals surface area (Å²) in [5.41, 5.74) is 0.718. The number of terminal acetylenes is 1. The molecule has 0 aliphatic rings. The van der Waals surface area contributed by atoms with Crippen LogP contribution in [0.15, 0.2) is 40.6 Å². The zero-order valence-corrected chi connectivity index (χ0v) is 15.6. The minimum absolute atomic E-state index is 0.0664. The second-order valence-corrected chi connectivity index (χ2v) is 7.53. The summed E-state index contributed by atoms with van der Waals surface area (Å²) >= 11 is 0. The molecule has 144 valence electrons. The fraction of sp³-hybridized carbons (Fsp3) is 0.0667. The molecule has 4 aromatic rings. The van der Waals surface area contributed by atoms with E-state index in [1.807, 2.05) is 0 Å². The van der Waals surface area contributed by atoms with Crippen molar-refractivity contribution in [3.63, 3.8) is 0 Å². The maximum Gasteiger partial charge on any atom is 0.255 e. The lowest BCUT2D eigenvalue weighted by atomic mass is 10.4. The van der Waals surface area contributed by atoms with Gasteiger partial charge in [-0.25, -0.2) is 13.4 Å². The van der Waals surface area contributed by atoms with Gasteiger partial charge in [-0.1, -0.05) is 6.58 Å². The number of hydrogen-bond donors (Lipinski definition) is 1. The van der Waals surface area contributed by atoms with Gasteiger partial charge in [0.25, 0.3) is 5.95 Å². The maximum atomic E-state index is 12.2. The molecule has 0 unspecified atom stereocenters. The Hall–Kier alpha value is -4.25. The van der Waals surface area contributed by atoms with E-state index < -0.39 is 9.84 Å². The molecule has 0 saturated carbocycles. The first-order valence-electron chi connectivity index (χ1n) is 7.82. The summed E-state index contributed by atoms with van der Waals surface area (Å²) in [5.74, 6) is 2.79. The van der Waals surface area contributed by atoms with E-state index in [1.165, 1.54) is 23.4 Å². The average molecular weight is 409 g/mol. The van der Waals surface area contributed by atoms with Crippen LogP contribution < -0.4 is 0 Å². The third kappa shape index (κ3) is 3.15. The molecule has 0 spiro atoms. The highest BCUT2D eigenvalue weighted by Gasteiger charge is 2.22. The molecule has 0 radical (unpaired) electrons. The zero-order chi connectivity index (χ0) is 20.6. The molecule has 4 aromatic heterocycles. The Morgan fingerprint density at radius 3 is 2.69 bits per heavy atom. The fourth-order valence-corrected chi connectivity index (χ4v) is 3.08. The first-order chi connectivity index (χ1) is 13.9. The summed E-state index contributed by atoms with van der Waals surface area (Å²) in [6.45, 7) is 3.62. The molecule has 4 heterocycles. The largest absolute Gasteiger partial charge is 0.320 e. The number of hydrogen-bond acceptors (Lipinski definition) is 10. The molecule has 0 aliphatic carbocycles. The standard InChI is InChI=1S/C15H11N11O2S/c1-4-9-12(14-20-11(5-2)24-26(14)23-9)21-22-13-10(29(3,27)28)6-19-25(13)15-17-7-16-8-18-15/h1,5-8H,2H2,3H3,(H,20,24)/b22-21+. The van der Waals surface area contributed by atoms with Crippen LogP contribution in [0.4, 0.5) is 11.5 Å². The molecule has 14 heteroatoms. The molecule has 0 atom stereocenters. The van der Waals surface area contributed by atoms with Gasteiger partial charge in [0.05, 0.1) is 6.20 Å². The summed E-state index contributed by atoms with van der Waals surface area (Å²) in [6.07, 6.45) is 11.6. The van der Waals surface area contributed by atoms with E-state index in [4.69, 9.17) is 6.42 Å². The molecule has 0 aliphatic heterocycles. The number of rotatable bonds is 5. The van der Waals surface area contributed by atoms with Crippen molar-refractivity contribution in [1.82, 2.24) is 44.5 Å². The topological polar surface area (TPSA) is 161 Å². The van der Waals surface area contributed by atoms with Crippen molar-refractivity contribution in [2.45, 2.75) is 4.90 Å². The van der Waals surface area contributed by atoms with Crippen LogP contribution in [0, 0.1) is 12.3 Å². The lowest BCUT2D eigenvalue weighted by Crippen LogP contribution is -2.03. The highest BCUT2D eigenvalue weighted by molar-refractivity contribution is 7.90. The third-order valence-corrected chi connectivity index (χ3v) is 4.73. The van der Waals surface area contributed by atoms with Gasteiger partial charge in [0, 0.05) is 6.26 Å². The van der Waals surface area contributed by atoms with Gasteiger partial charge in [-0.2, -0.15) is 19.7 Å². The van der Waals surface area contributed by atoms with Crippen molar-refractivity contribution in [3.05, 3.63) is 36.9 Å². The number of aromatic nitrogens is 9. The Labute approximate surface area is 163 Å². The van der Waals surface area contributed by atoms with Crippen molar-refractivity contribution in [3.8, 4) is 18.3 Å². The second-order valence-electron chi connectivity index (χ2n) is 5.55. The zero-order valence-electron chi connectivity index (χ0n) is 14.8. The van der Waals surface area contributed by atoms with E-state index in [2.05, 4.69) is 58.0 Å². The molecule has 29 heavy (non-hydrogen) atoms. The SMILES string of the molecule is C#Cc1nn2nc(C=C)[nH]c2c1/N=N/c1c(S(C)(=O)=O)cnn1-c1ncncn1. The quantitative estimate of drug-likeness (QED) is 0.375. The van der Waals surface area contributed by atoms with Crippen LogP contribution in [0.5, 0.6) is 0 Å². The number of sulfone groups is 1. The monoisotopic (exact) mass is 409 g/mol. The molecule has 0 saturated heterocycles. The predicted octanol–water partition coefficient (Wildman–Crippen LogP) is 0.871. The number of H-pyrrole nitrogens is 1. The van der Waals surface area contributed by atoms with Crippen molar-refractivity contribution in [2.75, 3.05) is 6.26 Å². The lowest BCUT2D eigenvalue weighted by molar-refractivity contribution is 0.602. The van der Waals surface area contributed by atoms with Crippen LogP contribution in [0.3, 0.4) is 0 Å². The van der Waals surface area contributed by atoms with Crippen LogP contribution in [0.25, 0.3) is 17.7 Å². The van der Waals surface area contributed by atoms with Gasteiger partial charge in [0.1, 0.15) is 17.6 Å². The lowest BCUT2D eigenvalue weighted by Gasteiger charge is -2.01. The molecule has 0 bridgehead atoms. The Bertz CT molecular complexity index is 1400. The van der Waals surface area contributed by atoms with Crippen LogP contribution in [0.1, 0.15) is 11.5 Å². The van der Waals surface area contributed by atoms with E-state index in [-0.39, 0.29) is 28.0 Å². The van der Waals surface area contributed by atoms with Gasteiger partial charge in [0.2, 0.25) is 0 Å². The van der Waals surface area contributed by atoms with E-state index in [1.54, 1.807) is 0 Å². The highest BCUT2D eigenvalue weighted by atomic mass is 32.2. The third-order valence-electron chi connectivity index (χ3n) is 3.65. The van der Waals surface area contributed by atoms with Crippen molar-refractivity contribution in [1.29, 1.82) is 0 Å². The number of nitrogens with one attached hydrogen (secondary N) is 1. The Morgan fingerprint density at radius 2 is 2.03 bits per heavy atom. The Kier molecular flexibility index (Phi) is 4.20. The van der Waals surface area contributed by atoms with E-state index >= 15 is 0 Å². The van der Waals surface area contributed by atoms with Gasteiger partial charge in [-0.15, -0.1) is 31.5 Å². The normalized spacial score (nSPS) is 11.9. The van der Waals surface area contributed by atoms with E-state index in [9.17, 15) is 8.42 Å². The van der Waals surface area contributed by atoms with Crippen LogP contribution in [-0.4, -0.2) is 59.2 Å². The minimum atomic E-state index is -3.67. The molecular weight excluding hydrogens is 398 g/mol. The summed E-state index contributed by atoms with van der Waals surface area (Å²) < 4.78 is 26.7. The Balaban J connectivity index is 1.90. The summed E-state index contributed by atoms with van der Waals surface area (Å²) in [5, 5.41) is 20.4. The highest BCUT2D eigenvalue weighted by Crippen LogP contribution is 2.30. The molecule has 13 nitrogen and oxygen atoms in total. The molecule has 0 fully saturated rings. The first kappa shape index (κ1) is 18.1. The number of fused-ring (bicyclic) bond motifs is 1. The number of azo groups is 1. The van der Waals surface area contributed by atoms with Crippen LogP contribution in [-0.2, 0) is 9.84 Å². The van der Waals surface area contributed by atoms with Gasteiger partial charge < -0.3 is 4.98 Å². The smallest absolute Gasteiger partial charge is 0.255 e. The molecule has 1 N–H and O–H groups in total. The number of aromatic amines is 1. The Morgan fingerprint density at radius 1 is 1.28 bits per heavy atom. The summed E-state index contributed by atoms with van der Waals surface area (Å²) in [4.78, 5) is 14.4. The summed E-state index contributed by atoms with van der Waals surface area (Å²) in [7, 11) is -3.67. The predicted molar refractivity (Wildman–Crippen MR) is 99.6 cm³/mol. The van der Waals surface area contributed by atoms with E-state index in [0.29, 0.717) is 11.5 Å². The molecule has 0 aromatic carbocycles. The van der Waals surface area contributed by atoms with Crippen LogP contribution >= 0.6 is 0 Å². The maximum absolute atomic E-state index is 12.2. The fourth-order valence-electron chi connectivity index (χ4n) is 2.38. The van der Waals surface area contributed by atoms with Crippen molar-refractivity contribution in [2.24, 2.45) is 10.2 Å². The van der Waals surface area contributed by atoms with Crippen molar-refractivity contribution >= 4 is 33.1 Å². The minimum Gasteiger partial charge on any atom is -0.320 e. The molecule has 0 amide bonds. The van der Waals surface area contributed by atoms with E-state index in [0.717, 1.165) is 17.1 Å². The van der Waals surface area contributed by atoms with Gasteiger partial charge in [-0.3, -0.25) is 0 Å². The summed E-state index contributed by atoms with van der Waals surface area (Å²) in [6, 6.07) is 0. The molecule has 4 rings (SSSR count). The van der Waals surface area contributed by atoms with Gasteiger partial charge >= 0.3 is 0 Å². The van der Waals surface area contributed by atoms with Gasteiger partial charge in [-0.05, 0) is 12.0 Å². The van der Waals surface area contributed by atoms with Crippen LogP contribution in [0.2, 0.25) is 0 Å². The molecular formula is C15H11N11O2S. The second kappa shape index (κ2) is 6.73.